The van der Waals surface area contributed by atoms with Gasteiger partial charge in [0.1, 0.15) is 11.6 Å². The molecule has 0 N–H and O–H groups in total. The first-order valence-corrected chi connectivity index (χ1v) is 9.90. The van der Waals surface area contributed by atoms with E-state index in [1.165, 1.54) is 0 Å². The molecule has 148 valence electrons. The van der Waals surface area contributed by atoms with E-state index in [9.17, 15) is 10.1 Å². The summed E-state index contributed by atoms with van der Waals surface area (Å²) in [5.74, 6) is 1.46. The van der Waals surface area contributed by atoms with Crippen LogP contribution in [0.5, 0.6) is 0 Å². The zero-order valence-corrected chi connectivity index (χ0v) is 17.2. The summed E-state index contributed by atoms with van der Waals surface area (Å²) in [4.78, 5) is 19.4. The molecule has 0 radical (unpaired) electrons. The minimum absolute atomic E-state index is 0.0690. The Bertz CT molecular complexity index is 1080. The Balaban J connectivity index is 1.99. The van der Waals surface area contributed by atoms with Crippen molar-refractivity contribution in [2.75, 3.05) is 19.0 Å². The van der Waals surface area contributed by atoms with Gasteiger partial charge in [-0.15, -0.1) is 0 Å². The summed E-state index contributed by atoms with van der Waals surface area (Å²) in [6.07, 6.45) is 2.76. The van der Waals surface area contributed by atoms with Crippen LogP contribution in [0.1, 0.15) is 36.7 Å². The van der Waals surface area contributed by atoms with E-state index in [4.69, 9.17) is 4.98 Å². The van der Waals surface area contributed by atoms with Crippen molar-refractivity contribution in [3.63, 3.8) is 0 Å². The van der Waals surface area contributed by atoms with Crippen molar-refractivity contribution in [2.45, 2.75) is 32.7 Å². The smallest absolute Gasteiger partial charge is 0.255 e. The Kier molecular flexibility index (Phi) is 6.46. The second-order valence-electron chi connectivity index (χ2n) is 7.31. The third-order valence-corrected chi connectivity index (χ3v) is 4.92. The summed E-state index contributed by atoms with van der Waals surface area (Å²) in [6, 6.07) is 19.5. The number of aromatic nitrogens is 2. The monoisotopic (exact) mass is 386 g/mol. The van der Waals surface area contributed by atoms with Crippen molar-refractivity contribution in [1.29, 1.82) is 5.26 Å². The van der Waals surface area contributed by atoms with Crippen LogP contribution in [-0.4, -0.2) is 23.6 Å². The van der Waals surface area contributed by atoms with E-state index in [1.54, 1.807) is 10.6 Å². The van der Waals surface area contributed by atoms with Crippen molar-refractivity contribution in [1.82, 2.24) is 9.55 Å². The van der Waals surface area contributed by atoms with E-state index in [0.29, 0.717) is 17.9 Å². The fourth-order valence-electron chi connectivity index (χ4n) is 3.30. The lowest BCUT2D eigenvalue weighted by atomic mass is 9.98. The molecule has 0 aliphatic heterocycles. The highest BCUT2D eigenvalue weighted by atomic mass is 16.1. The van der Waals surface area contributed by atoms with Gasteiger partial charge in [0.05, 0.1) is 18.2 Å². The van der Waals surface area contributed by atoms with Crippen molar-refractivity contribution < 1.29 is 0 Å². The molecular formula is C24H26N4O. The van der Waals surface area contributed by atoms with Crippen LogP contribution < -0.4 is 10.5 Å². The number of nitriles is 1. The predicted octanol–water partition coefficient (Wildman–Crippen LogP) is 4.24. The van der Waals surface area contributed by atoms with Gasteiger partial charge in [-0.25, -0.2) is 4.98 Å². The molecule has 0 saturated carbocycles. The molecule has 5 nitrogen and oxygen atoms in total. The molecule has 0 saturated heterocycles. The fourth-order valence-corrected chi connectivity index (χ4v) is 3.30. The van der Waals surface area contributed by atoms with Gasteiger partial charge in [0.25, 0.3) is 5.56 Å². The summed E-state index contributed by atoms with van der Waals surface area (Å²) >= 11 is 0. The van der Waals surface area contributed by atoms with Crippen molar-refractivity contribution >= 4 is 5.82 Å². The molecule has 0 spiro atoms. The molecule has 5 heteroatoms. The van der Waals surface area contributed by atoms with Crippen LogP contribution in [0.3, 0.4) is 0 Å². The Morgan fingerprint density at radius 1 is 1.10 bits per heavy atom. The first-order valence-electron chi connectivity index (χ1n) is 9.90. The summed E-state index contributed by atoms with van der Waals surface area (Å²) < 4.78 is 1.72. The molecule has 1 heterocycles. The SMILES string of the molecule is CCCCc1nc(N(C)C)cc(=O)n1Cc1ccc(-c2ccccc2)c(C#N)c1. The average Bonchev–Trinajstić information content (AvgIpc) is 2.74. The molecule has 0 amide bonds. The Morgan fingerprint density at radius 3 is 2.52 bits per heavy atom. The van der Waals surface area contributed by atoms with E-state index >= 15 is 0 Å². The normalized spacial score (nSPS) is 10.6. The lowest BCUT2D eigenvalue weighted by Gasteiger charge is -2.17. The van der Waals surface area contributed by atoms with Crippen molar-refractivity contribution in [3.8, 4) is 17.2 Å². The first kappa shape index (κ1) is 20.3. The van der Waals surface area contributed by atoms with Gasteiger partial charge in [0.15, 0.2) is 0 Å². The minimum Gasteiger partial charge on any atom is -0.363 e. The van der Waals surface area contributed by atoms with Gasteiger partial charge in [0.2, 0.25) is 0 Å². The van der Waals surface area contributed by atoms with E-state index < -0.39 is 0 Å². The van der Waals surface area contributed by atoms with Crippen LogP contribution in [0.25, 0.3) is 11.1 Å². The van der Waals surface area contributed by atoms with Gasteiger partial charge >= 0.3 is 0 Å². The number of aryl methyl sites for hydroxylation is 1. The number of benzene rings is 2. The summed E-state index contributed by atoms with van der Waals surface area (Å²) in [6.45, 7) is 2.53. The number of nitrogens with zero attached hydrogens (tertiary/aromatic N) is 4. The molecule has 3 rings (SSSR count). The highest BCUT2D eigenvalue weighted by molar-refractivity contribution is 5.70. The molecule has 29 heavy (non-hydrogen) atoms. The maximum Gasteiger partial charge on any atom is 0.255 e. The first-order chi connectivity index (χ1) is 14.0. The van der Waals surface area contributed by atoms with Crippen LogP contribution in [0.2, 0.25) is 0 Å². The number of hydrogen-bond acceptors (Lipinski definition) is 4. The van der Waals surface area contributed by atoms with Gasteiger partial charge in [0, 0.05) is 26.6 Å². The third-order valence-electron chi connectivity index (χ3n) is 4.92. The van der Waals surface area contributed by atoms with Crippen LogP contribution >= 0.6 is 0 Å². The second kappa shape index (κ2) is 9.20. The number of rotatable bonds is 7. The van der Waals surface area contributed by atoms with Crippen LogP contribution in [0, 0.1) is 11.3 Å². The zero-order chi connectivity index (χ0) is 20.8. The Hall–Kier alpha value is -3.39. The molecule has 0 aliphatic carbocycles. The van der Waals surface area contributed by atoms with Crippen molar-refractivity contribution in [2.24, 2.45) is 0 Å². The topological polar surface area (TPSA) is 61.9 Å². The lowest BCUT2D eigenvalue weighted by Crippen LogP contribution is -2.27. The molecular weight excluding hydrogens is 360 g/mol. The Labute approximate surface area is 171 Å². The highest BCUT2D eigenvalue weighted by Gasteiger charge is 2.12. The molecule has 0 fully saturated rings. The van der Waals surface area contributed by atoms with E-state index in [-0.39, 0.29) is 5.56 Å². The third kappa shape index (κ3) is 4.72. The van der Waals surface area contributed by atoms with E-state index in [1.807, 2.05) is 67.5 Å². The molecule has 1 aromatic heterocycles. The molecule has 2 aromatic carbocycles. The fraction of sp³-hybridized carbons (Fsp3) is 0.292. The van der Waals surface area contributed by atoms with Crippen LogP contribution in [0.15, 0.2) is 59.4 Å². The standard InChI is InChI=1S/C24H26N4O/c1-4-5-11-22-26-23(27(2)3)15-24(29)28(22)17-18-12-13-21(20(14-18)16-25)19-9-7-6-8-10-19/h6-10,12-15H,4-5,11,17H2,1-3H3. The van der Waals surface area contributed by atoms with Gasteiger partial charge in [-0.1, -0.05) is 55.8 Å². The molecule has 0 aliphatic rings. The average molecular weight is 386 g/mol. The summed E-state index contributed by atoms with van der Waals surface area (Å²) in [7, 11) is 3.77. The predicted molar refractivity (Wildman–Crippen MR) is 117 cm³/mol. The van der Waals surface area contributed by atoms with Gasteiger partial charge in [-0.05, 0) is 29.2 Å². The maximum absolute atomic E-state index is 12.8. The summed E-state index contributed by atoms with van der Waals surface area (Å²) in [5.41, 5.74) is 3.36. The largest absolute Gasteiger partial charge is 0.363 e. The van der Waals surface area contributed by atoms with Gasteiger partial charge in [-0.2, -0.15) is 5.26 Å². The lowest BCUT2D eigenvalue weighted by molar-refractivity contribution is 0.636. The van der Waals surface area contributed by atoms with E-state index in [2.05, 4.69) is 13.0 Å². The maximum atomic E-state index is 12.8. The number of unbranched alkanes of at least 4 members (excludes halogenated alkanes) is 1. The highest BCUT2D eigenvalue weighted by Crippen LogP contribution is 2.24. The molecule has 0 bridgehead atoms. The van der Waals surface area contributed by atoms with Crippen LogP contribution in [-0.2, 0) is 13.0 Å². The molecule has 0 atom stereocenters. The molecule has 0 unspecified atom stereocenters. The van der Waals surface area contributed by atoms with Gasteiger partial charge in [-0.3, -0.25) is 9.36 Å². The van der Waals surface area contributed by atoms with Crippen molar-refractivity contribution in [3.05, 3.63) is 81.9 Å². The number of anilines is 1. The summed E-state index contributed by atoms with van der Waals surface area (Å²) in [5, 5.41) is 9.66. The quantitative estimate of drug-likeness (QED) is 0.609. The zero-order valence-electron chi connectivity index (χ0n) is 17.2. The Morgan fingerprint density at radius 2 is 1.86 bits per heavy atom. The van der Waals surface area contributed by atoms with Crippen LogP contribution in [0.4, 0.5) is 5.82 Å². The number of hydrogen-bond donors (Lipinski definition) is 0. The van der Waals surface area contributed by atoms with E-state index in [0.717, 1.165) is 41.8 Å². The van der Waals surface area contributed by atoms with Gasteiger partial charge < -0.3 is 4.90 Å². The molecule has 3 aromatic rings. The minimum atomic E-state index is -0.0690. The second-order valence-corrected chi connectivity index (χ2v) is 7.31.